The van der Waals surface area contributed by atoms with Crippen LogP contribution in [0.2, 0.25) is 0 Å². The first-order chi connectivity index (χ1) is 16.5. The lowest BCUT2D eigenvalue weighted by Gasteiger charge is -2.38. The highest BCUT2D eigenvalue weighted by Gasteiger charge is 2.44. The molecule has 0 aliphatic carbocycles. The molecule has 1 saturated heterocycles. The van der Waals surface area contributed by atoms with E-state index in [9.17, 15) is 14.3 Å². The fourth-order valence-electron chi connectivity index (χ4n) is 4.71. The molecular weight excluding hydrogens is 435 g/mol. The van der Waals surface area contributed by atoms with Gasteiger partial charge in [-0.2, -0.15) is 0 Å². The third kappa shape index (κ3) is 3.96. The number of nitrogens with two attached hydrogens (primary N) is 1. The predicted octanol–water partition coefficient (Wildman–Crippen LogP) is 3.34. The van der Waals surface area contributed by atoms with E-state index in [0.29, 0.717) is 31.8 Å². The largest absolute Gasteiger partial charge is 0.492 e. The van der Waals surface area contributed by atoms with Crippen LogP contribution in [0.4, 0.5) is 4.39 Å². The summed E-state index contributed by atoms with van der Waals surface area (Å²) < 4.78 is 25.5. The Morgan fingerprint density at radius 3 is 2.68 bits per heavy atom. The summed E-state index contributed by atoms with van der Waals surface area (Å²) in [5, 5.41) is 9.77. The zero-order chi connectivity index (χ0) is 23.7. The lowest BCUT2D eigenvalue weighted by atomic mass is 9.74. The molecule has 6 nitrogen and oxygen atoms in total. The lowest BCUT2D eigenvalue weighted by Crippen LogP contribution is -2.46. The molecule has 0 atom stereocenters. The number of piperidine rings is 1. The Balaban J connectivity index is 1.33. The molecule has 3 N–H and O–H groups in total. The summed E-state index contributed by atoms with van der Waals surface area (Å²) in [6, 6.07) is 13.8. The molecule has 5 rings (SSSR count). The van der Waals surface area contributed by atoms with Crippen molar-refractivity contribution in [1.82, 2.24) is 4.90 Å². The number of fused-ring (bicyclic) bond motifs is 2. The first kappa shape index (κ1) is 22.2. The Morgan fingerprint density at radius 1 is 1.15 bits per heavy atom. The van der Waals surface area contributed by atoms with Gasteiger partial charge in [-0.25, -0.2) is 4.39 Å². The number of hydrogen-bond donors (Lipinski definition) is 2. The van der Waals surface area contributed by atoms with Crippen molar-refractivity contribution in [1.29, 1.82) is 0 Å². The van der Waals surface area contributed by atoms with Gasteiger partial charge in [-0.3, -0.25) is 4.79 Å². The number of hydrogen-bond acceptors (Lipinski definition) is 5. The number of aliphatic hydroxyl groups excluding tert-OH is 1. The maximum Gasteiger partial charge on any atom is 0.290 e. The fraction of sp³-hybridized carbons (Fsp3) is 0.296. The van der Waals surface area contributed by atoms with Crippen LogP contribution < -0.4 is 10.5 Å². The lowest BCUT2D eigenvalue weighted by molar-refractivity contribution is 0.0611. The van der Waals surface area contributed by atoms with Crippen molar-refractivity contribution in [3.63, 3.8) is 0 Å². The molecule has 2 aromatic carbocycles. The zero-order valence-electron chi connectivity index (χ0n) is 18.6. The van der Waals surface area contributed by atoms with Crippen LogP contribution in [0.5, 0.6) is 5.75 Å². The maximum absolute atomic E-state index is 13.8. The highest BCUT2D eigenvalue weighted by Crippen LogP contribution is 2.46. The Kier molecular flexibility index (Phi) is 5.86. The van der Waals surface area contributed by atoms with Crippen LogP contribution >= 0.6 is 0 Å². The van der Waals surface area contributed by atoms with E-state index in [2.05, 4.69) is 17.9 Å². The molecule has 3 heterocycles. The summed E-state index contributed by atoms with van der Waals surface area (Å²) in [6.07, 6.45) is 1.52. The summed E-state index contributed by atoms with van der Waals surface area (Å²) in [5.41, 5.74) is 8.53. The Bertz CT molecular complexity index is 1300. The molecule has 3 aromatic rings. The summed E-state index contributed by atoms with van der Waals surface area (Å²) in [5.74, 6) is 5.92. The molecule has 2 aliphatic heterocycles. The second kappa shape index (κ2) is 8.98. The average molecular weight is 461 g/mol. The van der Waals surface area contributed by atoms with Crippen molar-refractivity contribution in [2.24, 2.45) is 5.73 Å². The van der Waals surface area contributed by atoms with E-state index in [4.69, 9.17) is 14.9 Å². The molecule has 1 fully saturated rings. The Labute approximate surface area is 197 Å². The number of halogens is 1. The number of rotatable bonds is 3. The molecule has 2 aliphatic rings. The quantitative estimate of drug-likeness (QED) is 0.586. The van der Waals surface area contributed by atoms with Gasteiger partial charge >= 0.3 is 0 Å². The molecule has 1 spiro atoms. The summed E-state index contributed by atoms with van der Waals surface area (Å²) in [6.45, 7) is 1.79. The molecule has 0 radical (unpaired) electrons. The van der Waals surface area contributed by atoms with Crippen LogP contribution in [0.1, 0.15) is 51.4 Å². The van der Waals surface area contributed by atoms with Crippen molar-refractivity contribution >= 4 is 5.91 Å². The van der Waals surface area contributed by atoms with Gasteiger partial charge in [-0.05, 0) is 48.6 Å². The van der Waals surface area contributed by atoms with Crippen LogP contribution in [-0.2, 0) is 18.6 Å². The number of nitrogens with zero attached hydrogens (tertiary/aromatic N) is 1. The fourth-order valence-corrected chi connectivity index (χ4v) is 4.71. The standard InChI is InChI=1S/C27H25FN2O4/c28-23-4-2-1-3-19(23)6-7-21-14-20(16-31)25(34-21)26(32)30-11-9-27(10-12-30)17-33-24-8-5-18(15-29)13-22(24)27/h1-5,8,13-14,31H,9-12,15-17,29H2. The van der Waals surface area contributed by atoms with Crippen molar-refractivity contribution in [3.8, 4) is 17.6 Å². The van der Waals surface area contributed by atoms with Gasteiger partial charge in [0.05, 0.1) is 18.8 Å². The maximum atomic E-state index is 13.8. The van der Waals surface area contributed by atoms with Gasteiger partial charge in [-0.1, -0.05) is 30.2 Å². The van der Waals surface area contributed by atoms with E-state index in [1.54, 1.807) is 23.1 Å². The van der Waals surface area contributed by atoms with Crippen molar-refractivity contribution in [2.45, 2.75) is 31.4 Å². The zero-order valence-corrected chi connectivity index (χ0v) is 18.6. The smallest absolute Gasteiger partial charge is 0.290 e. The van der Waals surface area contributed by atoms with Gasteiger partial charge in [0.25, 0.3) is 5.91 Å². The number of likely N-dealkylation sites (tertiary alicyclic amines) is 1. The number of carbonyl (C=O) groups is 1. The van der Waals surface area contributed by atoms with Crippen LogP contribution in [0.25, 0.3) is 0 Å². The van der Waals surface area contributed by atoms with Gasteiger partial charge in [0.2, 0.25) is 0 Å². The summed E-state index contributed by atoms with van der Waals surface area (Å²) in [7, 11) is 0. The third-order valence-electron chi connectivity index (χ3n) is 6.73. The number of benzene rings is 2. The highest BCUT2D eigenvalue weighted by atomic mass is 19.1. The molecule has 34 heavy (non-hydrogen) atoms. The molecule has 174 valence electrons. The van der Waals surface area contributed by atoms with Gasteiger partial charge in [0.15, 0.2) is 11.5 Å². The first-order valence-corrected chi connectivity index (χ1v) is 11.3. The van der Waals surface area contributed by atoms with E-state index >= 15 is 0 Å². The predicted molar refractivity (Wildman–Crippen MR) is 124 cm³/mol. The van der Waals surface area contributed by atoms with Crippen LogP contribution in [0.15, 0.2) is 52.9 Å². The minimum atomic E-state index is -0.432. The number of amides is 1. The van der Waals surface area contributed by atoms with E-state index < -0.39 is 5.82 Å². The number of aliphatic hydroxyl groups is 1. The Hall–Kier alpha value is -3.60. The molecule has 1 amide bonds. The van der Waals surface area contributed by atoms with Gasteiger partial charge in [0, 0.05) is 36.2 Å². The molecule has 1 aromatic heterocycles. The minimum Gasteiger partial charge on any atom is -0.492 e. The van der Waals surface area contributed by atoms with Crippen molar-refractivity contribution < 1.29 is 23.4 Å². The molecule has 7 heteroatoms. The summed E-state index contributed by atoms with van der Waals surface area (Å²) >= 11 is 0. The minimum absolute atomic E-state index is 0.0739. The van der Waals surface area contributed by atoms with E-state index in [1.165, 1.54) is 17.7 Å². The third-order valence-corrected chi connectivity index (χ3v) is 6.73. The normalized spacial score (nSPS) is 16.0. The van der Waals surface area contributed by atoms with Gasteiger partial charge < -0.3 is 24.9 Å². The molecule has 0 unspecified atom stereocenters. The van der Waals surface area contributed by atoms with E-state index in [0.717, 1.165) is 24.2 Å². The van der Waals surface area contributed by atoms with E-state index in [-0.39, 0.29) is 35.0 Å². The number of ether oxygens (including phenoxy) is 1. The highest BCUT2D eigenvalue weighted by molar-refractivity contribution is 5.93. The number of furan rings is 1. The monoisotopic (exact) mass is 460 g/mol. The molecule has 0 saturated carbocycles. The van der Waals surface area contributed by atoms with Crippen molar-refractivity contribution in [3.05, 3.63) is 88.1 Å². The van der Waals surface area contributed by atoms with Gasteiger partial charge in [-0.15, -0.1) is 0 Å². The van der Waals surface area contributed by atoms with Crippen LogP contribution in [0, 0.1) is 17.7 Å². The van der Waals surface area contributed by atoms with Crippen molar-refractivity contribution in [2.75, 3.05) is 19.7 Å². The molecular formula is C27H25FN2O4. The second-order valence-electron chi connectivity index (χ2n) is 8.75. The second-order valence-corrected chi connectivity index (χ2v) is 8.75. The van der Waals surface area contributed by atoms with E-state index in [1.807, 2.05) is 12.1 Å². The first-order valence-electron chi connectivity index (χ1n) is 11.3. The number of carbonyl (C=O) groups excluding carboxylic acids is 1. The average Bonchev–Trinajstić information content (AvgIpc) is 3.45. The van der Waals surface area contributed by atoms with Crippen LogP contribution in [0.3, 0.4) is 0 Å². The van der Waals surface area contributed by atoms with Crippen LogP contribution in [-0.4, -0.2) is 35.6 Å². The topological polar surface area (TPSA) is 88.9 Å². The van der Waals surface area contributed by atoms with Gasteiger partial charge in [0.1, 0.15) is 11.6 Å². The summed E-state index contributed by atoms with van der Waals surface area (Å²) in [4.78, 5) is 15.0. The Morgan fingerprint density at radius 2 is 1.94 bits per heavy atom. The SMILES string of the molecule is NCc1ccc2c(c1)C1(CCN(C(=O)c3oc(C#Cc4ccccc4F)cc3CO)CC1)CO2. The molecule has 0 bridgehead atoms.